The van der Waals surface area contributed by atoms with Gasteiger partial charge in [0.05, 0.1) is 0 Å². The molecule has 0 spiro atoms. The monoisotopic (exact) mass is 293 g/mol. The third-order valence-electron chi connectivity index (χ3n) is 4.05. The topological polar surface area (TPSA) is 60.9 Å². The number of carbonyl (C=O) groups is 1. The van der Waals surface area contributed by atoms with Gasteiger partial charge in [-0.1, -0.05) is 24.3 Å². The Hall–Kier alpha value is -2.62. The number of nitrogens with two attached hydrogens (primary N) is 1. The van der Waals surface area contributed by atoms with E-state index >= 15 is 0 Å². The van der Waals surface area contributed by atoms with Crippen molar-refractivity contribution in [1.29, 1.82) is 0 Å². The van der Waals surface area contributed by atoms with Crippen molar-refractivity contribution in [2.75, 3.05) is 0 Å². The summed E-state index contributed by atoms with van der Waals surface area (Å²) < 4.78 is 2.19. The van der Waals surface area contributed by atoms with Crippen molar-refractivity contribution >= 4 is 16.8 Å². The minimum absolute atomic E-state index is 0.272. The Balaban J connectivity index is 2.06. The molecule has 1 amide bonds. The maximum atomic E-state index is 11.1. The van der Waals surface area contributed by atoms with Crippen LogP contribution in [0.3, 0.4) is 0 Å². The highest BCUT2D eigenvalue weighted by Crippen LogP contribution is 2.28. The van der Waals surface area contributed by atoms with Crippen LogP contribution in [0.5, 0.6) is 0 Å². The largest absolute Gasteiger partial charge is 0.370 e. The van der Waals surface area contributed by atoms with E-state index in [0.29, 0.717) is 13.0 Å². The molecule has 22 heavy (non-hydrogen) atoms. The van der Waals surface area contributed by atoms with Gasteiger partial charge in [-0.3, -0.25) is 9.78 Å². The summed E-state index contributed by atoms with van der Waals surface area (Å²) >= 11 is 0. The number of benzene rings is 1. The quantitative estimate of drug-likeness (QED) is 0.786. The number of para-hydroxylation sites is 1. The maximum absolute atomic E-state index is 11.1. The van der Waals surface area contributed by atoms with Crippen LogP contribution in [0.25, 0.3) is 10.9 Å². The highest BCUT2D eigenvalue weighted by atomic mass is 16.1. The number of hydrogen-bond donors (Lipinski definition) is 1. The first-order valence-corrected chi connectivity index (χ1v) is 7.40. The van der Waals surface area contributed by atoms with Crippen molar-refractivity contribution in [3.63, 3.8) is 0 Å². The Bertz CT molecular complexity index is 806. The van der Waals surface area contributed by atoms with E-state index in [1.165, 1.54) is 22.2 Å². The van der Waals surface area contributed by atoms with E-state index in [2.05, 4.69) is 34.7 Å². The van der Waals surface area contributed by atoms with Gasteiger partial charge in [-0.15, -0.1) is 0 Å². The minimum Gasteiger partial charge on any atom is -0.370 e. The Labute approximate surface area is 129 Å². The molecule has 0 fully saturated rings. The molecule has 0 atom stereocenters. The van der Waals surface area contributed by atoms with Gasteiger partial charge in [-0.05, 0) is 30.2 Å². The fraction of sp³-hybridized carbons (Fsp3) is 0.222. The smallest absolute Gasteiger partial charge is 0.219 e. The first-order valence-electron chi connectivity index (χ1n) is 7.40. The van der Waals surface area contributed by atoms with Gasteiger partial charge < -0.3 is 10.3 Å². The van der Waals surface area contributed by atoms with Gasteiger partial charge in [0.25, 0.3) is 0 Å². The number of carbonyl (C=O) groups excluding carboxylic acids is 1. The molecular formula is C18H19N3O. The molecule has 112 valence electrons. The molecule has 0 aliphatic rings. The number of aromatic nitrogens is 2. The summed E-state index contributed by atoms with van der Waals surface area (Å²) in [4.78, 5) is 15.3. The van der Waals surface area contributed by atoms with Crippen LogP contribution in [-0.2, 0) is 17.8 Å². The molecule has 0 radical (unpaired) electrons. The van der Waals surface area contributed by atoms with Crippen LogP contribution in [0.15, 0.2) is 48.8 Å². The molecule has 0 saturated heterocycles. The highest BCUT2D eigenvalue weighted by molar-refractivity contribution is 5.86. The molecule has 2 aromatic heterocycles. The number of nitrogens with zero attached hydrogens (tertiary/aromatic N) is 2. The van der Waals surface area contributed by atoms with Gasteiger partial charge >= 0.3 is 0 Å². The lowest BCUT2D eigenvalue weighted by Crippen LogP contribution is -2.14. The lowest BCUT2D eigenvalue weighted by Gasteiger charge is -2.07. The van der Waals surface area contributed by atoms with Crippen LogP contribution in [0.1, 0.15) is 23.2 Å². The SMILES string of the molecule is Cc1c(Cc2cccnc2)c2ccccc2n1CCC(N)=O. The van der Waals surface area contributed by atoms with Crippen LogP contribution in [0.4, 0.5) is 0 Å². The Kier molecular flexibility index (Phi) is 3.92. The van der Waals surface area contributed by atoms with Gasteiger partial charge in [0.2, 0.25) is 5.91 Å². The van der Waals surface area contributed by atoms with Crippen molar-refractivity contribution in [3.8, 4) is 0 Å². The number of aryl methyl sites for hydroxylation is 1. The molecule has 4 heteroatoms. The summed E-state index contributed by atoms with van der Waals surface area (Å²) in [6.45, 7) is 2.72. The average Bonchev–Trinajstić information content (AvgIpc) is 2.79. The first-order chi connectivity index (χ1) is 10.7. The average molecular weight is 293 g/mol. The third-order valence-corrected chi connectivity index (χ3v) is 4.05. The molecule has 3 aromatic rings. The zero-order valence-corrected chi connectivity index (χ0v) is 12.6. The number of rotatable bonds is 5. The summed E-state index contributed by atoms with van der Waals surface area (Å²) in [6.07, 6.45) is 4.87. The fourth-order valence-corrected chi connectivity index (χ4v) is 2.94. The zero-order valence-electron chi connectivity index (χ0n) is 12.6. The van der Waals surface area contributed by atoms with Crippen molar-refractivity contribution in [2.24, 2.45) is 5.73 Å². The van der Waals surface area contributed by atoms with Gasteiger partial charge in [-0.2, -0.15) is 0 Å². The molecule has 3 rings (SSSR count). The Morgan fingerprint density at radius 2 is 2.05 bits per heavy atom. The molecular weight excluding hydrogens is 274 g/mol. The fourth-order valence-electron chi connectivity index (χ4n) is 2.94. The molecule has 2 N–H and O–H groups in total. The van der Waals surface area contributed by atoms with Gasteiger partial charge in [0.1, 0.15) is 0 Å². The van der Waals surface area contributed by atoms with Crippen molar-refractivity contribution in [3.05, 3.63) is 65.6 Å². The summed E-state index contributed by atoms with van der Waals surface area (Å²) in [7, 11) is 0. The van der Waals surface area contributed by atoms with E-state index in [0.717, 1.165) is 11.9 Å². The van der Waals surface area contributed by atoms with Gasteiger partial charge in [-0.25, -0.2) is 0 Å². The maximum Gasteiger partial charge on any atom is 0.219 e. The van der Waals surface area contributed by atoms with E-state index in [9.17, 15) is 4.79 Å². The van der Waals surface area contributed by atoms with Crippen molar-refractivity contribution < 1.29 is 4.79 Å². The van der Waals surface area contributed by atoms with Crippen LogP contribution in [-0.4, -0.2) is 15.5 Å². The number of amides is 1. The number of fused-ring (bicyclic) bond motifs is 1. The predicted molar refractivity (Wildman–Crippen MR) is 87.5 cm³/mol. The molecule has 0 aliphatic heterocycles. The molecule has 0 unspecified atom stereocenters. The molecule has 0 saturated carbocycles. The molecule has 2 heterocycles. The third kappa shape index (κ3) is 2.72. The summed E-state index contributed by atoms with van der Waals surface area (Å²) in [5.74, 6) is -0.272. The van der Waals surface area contributed by atoms with Crippen LogP contribution in [0.2, 0.25) is 0 Å². The normalized spacial score (nSPS) is 11.0. The number of primary amides is 1. The summed E-state index contributed by atoms with van der Waals surface area (Å²) in [5, 5.41) is 1.23. The molecule has 0 aliphatic carbocycles. The molecule has 0 bridgehead atoms. The second-order valence-corrected chi connectivity index (χ2v) is 5.49. The number of hydrogen-bond acceptors (Lipinski definition) is 2. The summed E-state index contributed by atoms with van der Waals surface area (Å²) in [6, 6.07) is 12.3. The Morgan fingerprint density at radius 1 is 1.23 bits per heavy atom. The van der Waals surface area contributed by atoms with E-state index < -0.39 is 0 Å². The van der Waals surface area contributed by atoms with Gasteiger partial charge in [0.15, 0.2) is 0 Å². The van der Waals surface area contributed by atoms with E-state index in [-0.39, 0.29) is 5.91 Å². The number of pyridine rings is 1. The first kappa shape index (κ1) is 14.3. The van der Waals surface area contributed by atoms with Crippen LogP contribution in [0, 0.1) is 6.92 Å². The van der Waals surface area contributed by atoms with Crippen molar-refractivity contribution in [2.45, 2.75) is 26.3 Å². The van der Waals surface area contributed by atoms with Crippen LogP contribution >= 0.6 is 0 Å². The van der Waals surface area contributed by atoms with Gasteiger partial charge in [0, 0.05) is 48.4 Å². The zero-order chi connectivity index (χ0) is 15.5. The molecule has 1 aromatic carbocycles. The van der Waals surface area contributed by atoms with Crippen molar-refractivity contribution in [1.82, 2.24) is 9.55 Å². The van der Waals surface area contributed by atoms with E-state index in [1.54, 1.807) is 6.20 Å². The lowest BCUT2D eigenvalue weighted by molar-refractivity contribution is -0.118. The van der Waals surface area contributed by atoms with Crippen LogP contribution < -0.4 is 5.73 Å². The second kappa shape index (κ2) is 6.02. The predicted octanol–water partition coefficient (Wildman–Crippen LogP) is 2.81. The van der Waals surface area contributed by atoms with E-state index in [1.807, 2.05) is 24.4 Å². The second-order valence-electron chi connectivity index (χ2n) is 5.49. The van der Waals surface area contributed by atoms with E-state index in [4.69, 9.17) is 5.73 Å². The lowest BCUT2D eigenvalue weighted by atomic mass is 10.0. The minimum atomic E-state index is -0.272. The highest BCUT2D eigenvalue weighted by Gasteiger charge is 2.14. The standard InChI is InChI=1S/C18H19N3O/c1-13-16(11-14-5-4-9-20-12-14)15-6-2-3-7-17(15)21(13)10-8-18(19)22/h2-7,9,12H,8,10-11H2,1H3,(H2,19,22). The Morgan fingerprint density at radius 3 is 2.77 bits per heavy atom. The summed E-state index contributed by atoms with van der Waals surface area (Å²) in [5.41, 5.74) is 10.1. The molecule has 4 nitrogen and oxygen atoms in total.